The Morgan fingerprint density at radius 1 is 1.38 bits per heavy atom. The maximum absolute atomic E-state index is 11.6. The fourth-order valence-electron chi connectivity index (χ4n) is 1.90. The number of alkyl carbamates (subject to hydrolysis) is 1. The van der Waals surface area contributed by atoms with Crippen LogP contribution in [0.2, 0.25) is 0 Å². The van der Waals surface area contributed by atoms with Gasteiger partial charge in [0.25, 0.3) is 0 Å². The maximum Gasteiger partial charge on any atom is 0.407 e. The predicted octanol–water partition coefficient (Wildman–Crippen LogP) is 1.19. The minimum Gasteiger partial charge on any atom is -0.504 e. The number of ether oxygens (including phenoxy) is 2. The van der Waals surface area contributed by atoms with Gasteiger partial charge in [-0.1, -0.05) is 0 Å². The van der Waals surface area contributed by atoms with Gasteiger partial charge in [0.1, 0.15) is 17.8 Å². The molecule has 8 nitrogen and oxygen atoms in total. The highest BCUT2D eigenvalue weighted by atomic mass is 16.6. The molecule has 0 aliphatic heterocycles. The summed E-state index contributed by atoms with van der Waals surface area (Å²) in [5.74, 6) is -0.393. The highest BCUT2D eigenvalue weighted by Crippen LogP contribution is 2.36. The minimum atomic E-state index is -1.54. The number of amides is 1. The van der Waals surface area contributed by atoms with Crippen molar-refractivity contribution in [3.8, 4) is 17.6 Å². The zero-order chi connectivity index (χ0) is 18.5. The van der Waals surface area contributed by atoms with Gasteiger partial charge < -0.3 is 30.1 Å². The van der Waals surface area contributed by atoms with Crippen LogP contribution in [0.5, 0.6) is 11.5 Å². The number of rotatable bonds is 5. The summed E-state index contributed by atoms with van der Waals surface area (Å²) >= 11 is 0. The predicted molar refractivity (Wildman–Crippen MR) is 84.6 cm³/mol. The van der Waals surface area contributed by atoms with E-state index < -0.39 is 23.9 Å². The zero-order valence-corrected chi connectivity index (χ0v) is 14.0. The highest BCUT2D eigenvalue weighted by Gasteiger charge is 2.25. The lowest BCUT2D eigenvalue weighted by molar-refractivity contribution is 0.0118. The second-order valence-electron chi connectivity index (χ2n) is 6.12. The van der Waals surface area contributed by atoms with Crippen molar-refractivity contribution >= 4 is 6.09 Å². The summed E-state index contributed by atoms with van der Waals surface area (Å²) in [6.45, 7) is 4.76. The molecule has 0 spiro atoms. The SMILES string of the molecule is COc1cc(C#N)cc(C(O)C(O)CNC(=O)OC(C)(C)C)c1O. The number of phenols is 1. The third-order valence-electron chi connectivity index (χ3n) is 2.99. The van der Waals surface area contributed by atoms with Crippen molar-refractivity contribution in [1.82, 2.24) is 5.32 Å². The van der Waals surface area contributed by atoms with Gasteiger partial charge in [0.15, 0.2) is 11.5 Å². The van der Waals surface area contributed by atoms with Gasteiger partial charge in [0.2, 0.25) is 0 Å². The van der Waals surface area contributed by atoms with E-state index >= 15 is 0 Å². The van der Waals surface area contributed by atoms with Crippen LogP contribution in [0.4, 0.5) is 4.79 Å². The van der Waals surface area contributed by atoms with Crippen LogP contribution in [-0.4, -0.2) is 46.8 Å². The Kier molecular flexibility index (Phi) is 6.40. The molecular formula is C16H22N2O6. The van der Waals surface area contributed by atoms with Crippen LogP contribution in [0.15, 0.2) is 12.1 Å². The molecule has 8 heteroatoms. The molecular weight excluding hydrogens is 316 g/mol. The first-order valence-corrected chi connectivity index (χ1v) is 7.23. The third kappa shape index (κ3) is 5.30. The largest absolute Gasteiger partial charge is 0.504 e. The molecule has 1 aromatic rings. The van der Waals surface area contributed by atoms with Gasteiger partial charge in [0.05, 0.1) is 18.7 Å². The zero-order valence-electron chi connectivity index (χ0n) is 14.0. The van der Waals surface area contributed by atoms with Crippen LogP contribution in [0.3, 0.4) is 0 Å². The number of hydrogen-bond donors (Lipinski definition) is 4. The average Bonchev–Trinajstić information content (AvgIpc) is 2.50. The van der Waals surface area contributed by atoms with E-state index in [-0.39, 0.29) is 29.2 Å². The topological polar surface area (TPSA) is 132 Å². The molecule has 0 fully saturated rings. The Balaban J connectivity index is 2.84. The molecule has 1 rings (SSSR count). The Labute approximate surface area is 140 Å². The molecule has 0 heterocycles. The number of carbonyl (C=O) groups is 1. The molecule has 0 saturated heterocycles. The number of nitriles is 1. The van der Waals surface area contributed by atoms with Crippen LogP contribution in [0.1, 0.15) is 38.0 Å². The second kappa shape index (κ2) is 7.86. The van der Waals surface area contributed by atoms with Gasteiger partial charge in [-0.25, -0.2) is 4.79 Å². The van der Waals surface area contributed by atoms with Gasteiger partial charge in [-0.15, -0.1) is 0 Å². The summed E-state index contributed by atoms with van der Waals surface area (Å²) in [7, 11) is 1.30. The number of methoxy groups -OCH3 is 1. The lowest BCUT2D eigenvalue weighted by Gasteiger charge is -2.23. The summed E-state index contributed by atoms with van der Waals surface area (Å²) in [5, 5.41) is 41.5. The molecule has 0 saturated carbocycles. The number of aromatic hydroxyl groups is 1. The minimum absolute atomic E-state index is 0.00426. The second-order valence-corrected chi connectivity index (χ2v) is 6.12. The van der Waals surface area contributed by atoms with Gasteiger partial charge >= 0.3 is 6.09 Å². The number of nitrogens with one attached hydrogen (secondary N) is 1. The number of aliphatic hydroxyl groups excluding tert-OH is 2. The molecule has 2 unspecified atom stereocenters. The molecule has 0 aromatic heterocycles. The molecule has 0 radical (unpaired) electrons. The van der Waals surface area contributed by atoms with Crippen molar-refractivity contribution in [2.75, 3.05) is 13.7 Å². The van der Waals surface area contributed by atoms with Crippen LogP contribution >= 0.6 is 0 Å². The first-order chi connectivity index (χ1) is 11.1. The molecule has 0 aliphatic carbocycles. The van der Waals surface area contributed by atoms with Gasteiger partial charge in [-0.3, -0.25) is 0 Å². The Morgan fingerprint density at radius 2 is 2.00 bits per heavy atom. The van der Waals surface area contributed by atoms with Crippen LogP contribution in [0, 0.1) is 11.3 Å². The molecule has 0 aliphatic rings. The van der Waals surface area contributed by atoms with Crippen molar-refractivity contribution < 1.29 is 29.6 Å². The molecule has 2 atom stereocenters. The van der Waals surface area contributed by atoms with Crippen LogP contribution in [-0.2, 0) is 4.74 Å². The van der Waals surface area contributed by atoms with Gasteiger partial charge in [-0.05, 0) is 26.8 Å². The van der Waals surface area contributed by atoms with Crippen molar-refractivity contribution in [3.05, 3.63) is 23.3 Å². The lowest BCUT2D eigenvalue weighted by atomic mass is 10.00. The van der Waals surface area contributed by atoms with E-state index in [0.29, 0.717) is 0 Å². The number of aliphatic hydroxyl groups is 2. The highest BCUT2D eigenvalue weighted by molar-refractivity contribution is 5.67. The fraction of sp³-hybridized carbons (Fsp3) is 0.500. The van der Waals surface area contributed by atoms with E-state index in [2.05, 4.69) is 5.32 Å². The number of nitrogens with zero attached hydrogens (tertiary/aromatic N) is 1. The summed E-state index contributed by atoms with van der Waals surface area (Å²) < 4.78 is 9.94. The van der Waals surface area contributed by atoms with E-state index in [9.17, 15) is 20.1 Å². The van der Waals surface area contributed by atoms with E-state index in [1.165, 1.54) is 19.2 Å². The summed E-state index contributed by atoms with van der Waals surface area (Å²) in [4.78, 5) is 11.6. The molecule has 1 amide bonds. The quantitative estimate of drug-likeness (QED) is 0.634. The Bertz CT molecular complexity index is 633. The van der Waals surface area contributed by atoms with Crippen molar-refractivity contribution in [2.24, 2.45) is 0 Å². The van der Waals surface area contributed by atoms with Crippen LogP contribution < -0.4 is 10.1 Å². The Morgan fingerprint density at radius 3 is 2.50 bits per heavy atom. The molecule has 24 heavy (non-hydrogen) atoms. The molecule has 4 N–H and O–H groups in total. The number of hydrogen-bond acceptors (Lipinski definition) is 7. The van der Waals surface area contributed by atoms with Crippen LogP contribution in [0.25, 0.3) is 0 Å². The van der Waals surface area contributed by atoms with Crippen molar-refractivity contribution in [1.29, 1.82) is 5.26 Å². The summed E-state index contributed by atoms with van der Waals surface area (Å²) in [6.07, 6.45) is -3.72. The van der Waals surface area contributed by atoms with E-state index in [1.54, 1.807) is 20.8 Å². The summed E-state index contributed by atoms with van der Waals surface area (Å²) in [6, 6.07) is 4.40. The van der Waals surface area contributed by atoms with E-state index in [4.69, 9.17) is 14.7 Å². The number of carbonyl (C=O) groups excluding carboxylic acids is 1. The van der Waals surface area contributed by atoms with Crippen molar-refractivity contribution in [3.63, 3.8) is 0 Å². The lowest BCUT2D eigenvalue weighted by Crippen LogP contribution is -2.38. The maximum atomic E-state index is 11.6. The number of phenolic OH excluding ortho intramolecular Hbond substituents is 1. The fourth-order valence-corrected chi connectivity index (χ4v) is 1.90. The normalized spacial score (nSPS) is 13.5. The van der Waals surface area contributed by atoms with Crippen molar-refractivity contribution in [2.45, 2.75) is 38.6 Å². The number of benzene rings is 1. The molecule has 0 bridgehead atoms. The standard InChI is InChI=1S/C16H22N2O6/c1-16(2,3)24-15(22)18-8-11(19)13(20)10-5-9(7-17)6-12(23-4)14(10)21/h5-6,11,13,19-21H,8H2,1-4H3,(H,18,22). The van der Waals surface area contributed by atoms with E-state index in [0.717, 1.165) is 0 Å². The summed E-state index contributed by atoms with van der Waals surface area (Å²) in [5.41, 5.74) is -0.629. The molecule has 1 aromatic carbocycles. The molecule has 132 valence electrons. The average molecular weight is 338 g/mol. The monoisotopic (exact) mass is 338 g/mol. The first kappa shape index (κ1) is 19.5. The van der Waals surface area contributed by atoms with Gasteiger partial charge in [0, 0.05) is 18.2 Å². The third-order valence-corrected chi connectivity index (χ3v) is 2.99. The smallest absolute Gasteiger partial charge is 0.407 e. The van der Waals surface area contributed by atoms with Gasteiger partial charge in [-0.2, -0.15) is 5.26 Å². The first-order valence-electron chi connectivity index (χ1n) is 7.23. The Hall–Kier alpha value is -2.50. The van der Waals surface area contributed by atoms with E-state index in [1.807, 2.05) is 6.07 Å².